The van der Waals surface area contributed by atoms with E-state index < -0.39 is 37.1 Å². The maximum atomic E-state index is 11.7. The van der Waals surface area contributed by atoms with Crippen molar-refractivity contribution in [1.29, 1.82) is 0 Å². The van der Waals surface area contributed by atoms with E-state index in [0.29, 0.717) is 0 Å². The molecule has 0 fully saturated rings. The molecule has 0 saturated carbocycles. The summed E-state index contributed by atoms with van der Waals surface area (Å²) < 4.78 is 43.5. The minimum Gasteiger partial charge on any atom is -0.468 e. The second-order valence-corrected chi connectivity index (χ2v) is 3.06. The molecule has 0 aliphatic heterocycles. The summed E-state index contributed by atoms with van der Waals surface area (Å²) in [6, 6.07) is 0. The van der Waals surface area contributed by atoms with Gasteiger partial charge in [-0.2, -0.15) is 13.2 Å². The molecule has 0 aliphatic rings. The first kappa shape index (κ1) is 14.9. The van der Waals surface area contributed by atoms with E-state index in [1.54, 1.807) is 6.92 Å². The minimum atomic E-state index is -4.48. The molecule has 16 heavy (non-hydrogen) atoms. The van der Waals surface area contributed by atoms with Crippen molar-refractivity contribution in [3.05, 3.63) is 0 Å². The number of ether oxygens (including phenoxy) is 2. The van der Waals surface area contributed by atoms with Gasteiger partial charge in [0.2, 0.25) is 0 Å². The molecule has 94 valence electrons. The molecule has 0 spiro atoms. The number of halogens is 3. The van der Waals surface area contributed by atoms with Crippen LogP contribution >= 0.6 is 0 Å². The van der Waals surface area contributed by atoms with Crippen LogP contribution in [0.4, 0.5) is 13.2 Å². The number of ketones is 1. The van der Waals surface area contributed by atoms with E-state index in [1.807, 2.05) is 0 Å². The predicted molar refractivity (Wildman–Crippen MR) is 47.7 cm³/mol. The number of carbonyl (C=O) groups excluding carboxylic acids is 2. The third-order valence-corrected chi connectivity index (χ3v) is 1.79. The fourth-order valence-corrected chi connectivity index (χ4v) is 1.04. The molecule has 0 aromatic rings. The van der Waals surface area contributed by atoms with Crippen molar-refractivity contribution in [1.82, 2.24) is 0 Å². The summed E-state index contributed by atoms with van der Waals surface area (Å²) in [5.74, 6) is -2.53. The predicted octanol–water partition coefficient (Wildman–Crippen LogP) is 1.33. The zero-order valence-electron chi connectivity index (χ0n) is 8.97. The van der Waals surface area contributed by atoms with Crippen LogP contribution in [0.1, 0.15) is 13.3 Å². The lowest BCUT2D eigenvalue weighted by atomic mass is 10.0. The number of carbonyl (C=O) groups is 2. The molecular weight excluding hydrogens is 229 g/mol. The van der Waals surface area contributed by atoms with Crippen molar-refractivity contribution < 1.29 is 32.2 Å². The van der Waals surface area contributed by atoms with Gasteiger partial charge in [-0.1, -0.05) is 6.92 Å². The van der Waals surface area contributed by atoms with Gasteiger partial charge >= 0.3 is 12.1 Å². The monoisotopic (exact) mass is 242 g/mol. The molecule has 0 aromatic heterocycles. The minimum absolute atomic E-state index is 0.168. The van der Waals surface area contributed by atoms with Gasteiger partial charge in [-0.25, -0.2) is 0 Å². The average Bonchev–Trinajstić information content (AvgIpc) is 2.16. The molecule has 4 nitrogen and oxygen atoms in total. The number of rotatable bonds is 6. The van der Waals surface area contributed by atoms with Gasteiger partial charge in [-0.3, -0.25) is 9.59 Å². The second kappa shape index (κ2) is 6.47. The molecular formula is C9H13F3O4. The van der Waals surface area contributed by atoms with E-state index in [0.717, 1.165) is 7.11 Å². The van der Waals surface area contributed by atoms with Gasteiger partial charge in [0.25, 0.3) is 0 Å². The Morgan fingerprint density at radius 2 is 1.88 bits per heavy atom. The lowest BCUT2D eigenvalue weighted by molar-refractivity contribution is -0.176. The van der Waals surface area contributed by atoms with Crippen LogP contribution in [0.2, 0.25) is 0 Å². The van der Waals surface area contributed by atoms with Crippen molar-refractivity contribution in [3.63, 3.8) is 0 Å². The molecule has 1 atom stereocenters. The first-order valence-corrected chi connectivity index (χ1v) is 4.56. The molecule has 0 aliphatic carbocycles. The van der Waals surface area contributed by atoms with Crippen LogP contribution in [0.5, 0.6) is 0 Å². The molecule has 0 saturated heterocycles. The molecule has 0 radical (unpaired) electrons. The third kappa shape index (κ3) is 5.69. The fraction of sp³-hybridized carbons (Fsp3) is 0.778. The number of hydrogen-bond acceptors (Lipinski definition) is 4. The van der Waals surface area contributed by atoms with Crippen LogP contribution in [0.15, 0.2) is 0 Å². The summed E-state index contributed by atoms with van der Waals surface area (Å²) in [4.78, 5) is 22.3. The summed E-state index contributed by atoms with van der Waals surface area (Å²) in [5, 5.41) is 0. The van der Waals surface area contributed by atoms with Gasteiger partial charge in [0.15, 0.2) is 5.78 Å². The summed E-state index contributed by atoms with van der Waals surface area (Å²) in [6.45, 7) is -0.688. The van der Waals surface area contributed by atoms with Crippen LogP contribution in [-0.4, -0.2) is 38.3 Å². The number of hydrogen-bond donors (Lipinski definition) is 0. The average molecular weight is 242 g/mol. The topological polar surface area (TPSA) is 52.6 Å². The van der Waals surface area contributed by atoms with Crippen LogP contribution in [0.3, 0.4) is 0 Å². The largest absolute Gasteiger partial charge is 0.468 e. The molecule has 0 amide bonds. The van der Waals surface area contributed by atoms with Crippen LogP contribution in [0.25, 0.3) is 0 Å². The lowest BCUT2D eigenvalue weighted by Gasteiger charge is -2.12. The van der Waals surface area contributed by atoms with E-state index >= 15 is 0 Å². The summed E-state index contributed by atoms with van der Waals surface area (Å²) in [7, 11) is 1.11. The molecule has 0 N–H and O–H groups in total. The van der Waals surface area contributed by atoms with Gasteiger partial charge in [-0.05, 0) is 6.42 Å². The van der Waals surface area contributed by atoms with E-state index in [2.05, 4.69) is 9.47 Å². The van der Waals surface area contributed by atoms with Crippen LogP contribution in [-0.2, 0) is 19.1 Å². The SMILES string of the molecule is CCC(C(=O)COCC(F)(F)F)C(=O)OC. The Morgan fingerprint density at radius 1 is 1.31 bits per heavy atom. The smallest absolute Gasteiger partial charge is 0.411 e. The number of methoxy groups -OCH3 is 1. The molecule has 0 aromatic carbocycles. The van der Waals surface area contributed by atoms with Crippen molar-refractivity contribution in [3.8, 4) is 0 Å². The van der Waals surface area contributed by atoms with Gasteiger partial charge in [-0.15, -0.1) is 0 Å². The maximum Gasteiger partial charge on any atom is 0.411 e. The first-order chi connectivity index (χ1) is 7.31. The zero-order valence-corrected chi connectivity index (χ0v) is 8.97. The second-order valence-electron chi connectivity index (χ2n) is 3.06. The van der Waals surface area contributed by atoms with Crippen molar-refractivity contribution in [2.24, 2.45) is 5.92 Å². The normalized spacial score (nSPS) is 13.3. The standard InChI is InChI=1S/C9H13F3O4/c1-3-6(8(14)15-2)7(13)4-16-5-9(10,11)12/h6H,3-5H2,1-2H3. The van der Waals surface area contributed by atoms with Gasteiger partial charge in [0, 0.05) is 0 Å². The number of alkyl halides is 3. The molecule has 7 heteroatoms. The Kier molecular flexibility index (Phi) is 6.02. The highest BCUT2D eigenvalue weighted by atomic mass is 19.4. The zero-order chi connectivity index (χ0) is 12.8. The Hall–Kier alpha value is -1.11. The summed E-state index contributed by atoms with van der Waals surface area (Å²) in [5.41, 5.74) is 0. The van der Waals surface area contributed by atoms with Gasteiger partial charge in [0.1, 0.15) is 19.1 Å². The Morgan fingerprint density at radius 3 is 2.25 bits per heavy atom. The van der Waals surface area contributed by atoms with E-state index in [9.17, 15) is 22.8 Å². The molecule has 0 rings (SSSR count). The van der Waals surface area contributed by atoms with Crippen molar-refractivity contribution in [2.45, 2.75) is 19.5 Å². The van der Waals surface area contributed by atoms with Gasteiger partial charge < -0.3 is 9.47 Å². The third-order valence-electron chi connectivity index (χ3n) is 1.79. The van der Waals surface area contributed by atoms with Crippen LogP contribution in [0, 0.1) is 5.92 Å². The molecule has 1 unspecified atom stereocenters. The Balaban J connectivity index is 4.08. The summed E-state index contributed by atoms with van der Waals surface area (Å²) in [6.07, 6.45) is -4.31. The van der Waals surface area contributed by atoms with Gasteiger partial charge in [0.05, 0.1) is 7.11 Å². The Labute approximate surface area is 90.7 Å². The lowest BCUT2D eigenvalue weighted by Crippen LogP contribution is -2.29. The Bertz CT molecular complexity index is 250. The van der Waals surface area contributed by atoms with Crippen LogP contribution < -0.4 is 0 Å². The fourth-order valence-electron chi connectivity index (χ4n) is 1.04. The van der Waals surface area contributed by atoms with Crippen molar-refractivity contribution >= 4 is 11.8 Å². The highest BCUT2D eigenvalue weighted by molar-refractivity contribution is 5.99. The van der Waals surface area contributed by atoms with E-state index in [4.69, 9.17) is 0 Å². The van der Waals surface area contributed by atoms with E-state index in [-0.39, 0.29) is 6.42 Å². The maximum absolute atomic E-state index is 11.7. The number of esters is 1. The molecule has 0 heterocycles. The number of Topliss-reactive ketones (excluding diaryl/α,β-unsaturated/α-hetero) is 1. The van der Waals surface area contributed by atoms with E-state index in [1.165, 1.54) is 0 Å². The van der Waals surface area contributed by atoms with Crippen molar-refractivity contribution in [2.75, 3.05) is 20.3 Å². The summed E-state index contributed by atoms with van der Waals surface area (Å²) >= 11 is 0. The highest BCUT2D eigenvalue weighted by Gasteiger charge is 2.30. The first-order valence-electron chi connectivity index (χ1n) is 4.56. The molecule has 0 bridgehead atoms. The quantitative estimate of drug-likeness (QED) is 0.521. The highest BCUT2D eigenvalue weighted by Crippen LogP contribution is 2.15.